The Bertz CT molecular complexity index is 360. The molecule has 0 spiro atoms. The summed E-state index contributed by atoms with van der Waals surface area (Å²) in [6, 6.07) is 1.34. The van der Waals surface area contributed by atoms with Crippen LogP contribution in [-0.4, -0.2) is 50.7 Å². The molecule has 0 saturated heterocycles. The smallest absolute Gasteiger partial charge is 1.00 e. The van der Waals surface area contributed by atoms with Crippen LogP contribution in [0.1, 0.15) is 2.85 Å². The zero-order valence-electron chi connectivity index (χ0n) is 7.62. The van der Waals surface area contributed by atoms with E-state index >= 15 is 0 Å². The molecule has 0 aliphatic rings. The van der Waals surface area contributed by atoms with Gasteiger partial charge in [-0.3, -0.25) is 4.55 Å². The van der Waals surface area contributed by atoms with E-state index in [1.807, 2.05) is 0 Å². The second-order valence-electron chi connectivity index (χ2n) is 1.66. The van der Waals surface area contributed by atoms with E-state index in [4.69, 9.17) is 4.55 Å². The van der Waals surface area contributed by atoms with Gasteiger partial charge < -0.3 is 2.85 Å². The summed E-state index contributed by atoms with van der Waals surface area (Å²) in [6.45, 7) is 0. The average molecular weight is 364 g/mol. The van der Waals surface area contributed by atoms with Crippen LogP contribution in [0.25, 0.3) is 0 Å². The van der Waals surface area contributed by atoms with Crippen molar-refractivity contribution < 1.29 is 15.8 Å². The molecular weight excluding hydrogens is 360 g/mol. The summed E-state index contributed by atoms with van der Waals surface area (Å²) in [6.07, 6.45) is 0. The first-order valence-electron chi connectivity index (χ1n) is 2.33. The third-order valence-corrected chi connectivity index (χ3v) is 5.44. The Labute approximate surface area is 124 Å². The first-order chi connectivity index (χ1) is 4.91. The van der Waals surface area contributed by atoms with E-state index in [1.165, 1.54) is 6.07 Å². The SMILES string of the molecule is O=S(=O)(O)c1cc(Br)c(Br)s1.[Ca+2].[H-].[H-]. The molecule has 66 valence electrons. The van der Waals surface area contributed by atoms with Gasteiger partial charge in [0.1, 0.15) is 4.21 Å². The first kappa shape index (κ1) is 13.8. The molecule has 8 heteroatoms. The van der Waals surface area contributed by atoms with E-state index in [0.717, 1.165) is 11.3 Å². The van der Waals surface area contributed by atoms with Crippen LogP contribution in [0.4, 0.5) is 0 Å². The van der Waals surface area contributed by atoms with Crippen molar-refractivity contribution in [2.45, 2.75) is 4.21 Å². The van der Waals surface area contributed by atoms with Gasteiger partial charge in [-0.25, -0.2) is 0 Å². The zero-order valence-corrected chi connectivity index (χ0v) is 12.6. The van der Waals surface area contributed by atoms with Crippen LogP contribution in [-0.2, 0) is 10.1 Å². The molecule has 1 rings (SSSR count). The van der Waals surface area contributed by atoms with Crippen LogP contribution in [0.3, 0.4) is 0 Å². The van der Waals surface area contributed by atoms with Gasteiger partial charge in [-0.15, -0.1) is 11.3 Å². The molecule has 0 aliphatic heterocycles. The van der Waals surface area contributed by atoms with Crippen molar-refractivity contribution in [3.63, 3.8) is 0 Å². The van der Waals surface area contributed by atoms with E-state index in [2.05, 4.69) is 31.9 Å². The molecule has 0 unspecified atom stereocenters. The van der Waals surface area contributed by atoms with Gasteiger partial charge in [0.25, 0.3) is 0 Å². The summed E-state index contributed by atoms with van der Waals surface area (Å²) in [5, 5.41) is 0. The summed E-state index contributed by atoms with van der Waals surface area (Å²) in [4.78, 5) is 0. The van der Waals surface area contributed by atoms with Gasteiger partial charge in [0.2, 0.25) is 0 Å². The zero-order chi connectivity index (χ0) is 8.65. The molecule has 1 aromatic heterocycles. The number of hydrogen-bond acceptors (Lipinski definition) is 3. The molecule has 0 aromatic carbocycles. The van der Waals surface area contributed by atoms with E-state index in [9.17, 15) is 8.42 Å². The Morgan fingerprint density at radius 2 is 2.00 bits per heavy atom. The summed E-state index contributed by atoms with van der Waals surface area (Å²) in [5.74, 6) is 0. The summed E-state index contributed by atoms with van der Waals surface area (Å²) in [5.41, 5.74) is 0. The quantitative estimate of drug-likeness (QED) is 0.615. The standard InChI is InChI=1S/C4H2Br2O3S2.Ca.2H/c5-2-1-3(10-4(2)6)11(7,8)9;;;/h1H,(H,7,8,9);;;/q;+2;2*-1. The Morgan fingerprint density at radius 1 is 1.50 bits per heavy atom. The molecule has 0 fully saturated rings. The molecule has 0 amide bonds. The van der Waals surface area contributed by atoms with Crippen LogP contribution in [0.5, 0.6) is 0 Å². The Morgan fingerprint density at radius 3 is 2.17 bits per heavy atom. The maximum absolute atomic E-state index is 10.5. The van der Waals surface area contributed by atoms with Crippen LogP contribution in [0.15, 0.2) is 18.5 Å². The van der Waals surface area contributed by atoms with Crippen molar-refractivity contribution in [3.05, 3.63) is 14.3 Å². The van der Waals surface area contributed by atoms with Crippen molar-refractivity contribution in [3.8, 4) is 0 Å². The third kappa shape index (κ3) is 3.53. The third-order valence-electron chi connectivity index (χ3n) is 0.877. The van der Waals surface area contributed by atoms with E-state index in [1.54, 1.807) is 0 Å². The number of rotatable bonds is 1. The fraction of sp³-hybridized carbons (Fsp3) is 0. The Balaban J connectivity index is -0.000000403. The summed E-state index contributed by atoms with van der Waals surface area (Å²) < 4.78 is 30.8. The van der Waals surface area contributed by atoms with E-state index in [-0.39, 0.29) is 44.8 Å². The molecule has 0 saturated carbocycles. The number of thiophene rings is 1. The fourth-order valence-electron chi connectivity index (χ4n) is 0.454. The van der Waals surface area contributed by atoms with Crippen molar-refractivity contribution in [1.29, 1.82) is 0 Å². The van der Waals surface area contributed by atoms with Crippen LogP contribution in [0.2, 0.25) is 0 Å². The second-order valence-corrected chi connectivity index (χ2v) is 6.53. The fourth-order valence-corrected chi connectivity index (χ4v) is 3.64. The van der Waals surface area contributed by atoms with Crippen molar-refractivity contribution in [2.24, 2.45) is 0 Å². The molecule has 1 aromatic rings. The Hall–Kier alpha value is 1.83. The van der Waals surface area contributed by atoms with Crippen LogP contribution >= 0.6 is 43.2 Å². The van der Waals surface area contributed by atoms with Crippen LogP contribution in [0, 0.1) is 0 Å². The van der Waals surface area contributed by atoms with Gasteiger partial charge in [-0.1, -0.05) is 0 Å². The monoisotopic (exact) mass is 362 g/mol. The first-order valence-corrected chi connectivity index (χ1v) is 6.18. The normalized spacial score (nSPS) is 10.9. The van der Waals surface area contributed by atoms with E-state index in [0.29, 0.717) is 8.26 Å². The molecule has 3 nitrogen and oxygen atoms in total. The molecule has 1 heterocycles. The molecule has 0 aliphatic carbocycles. The van der Waals surface area contributed by atoms with Crippen LogP contribution < -0.4 is 0 Å². The summed E-state index contributed by atoms with van der Waals surface area (Å²) in [7, 11) is -4.05. The Kier molecular flexibility index (Phi) is 5.84. The van der Waals surface area contributed by atoms with Crippen molar-refractivity contribution >= 4 is 91.1 Å². The predicted octanol–water partition coefficient (Wildman–Crippen LogP) is 2.36. The number of hydrogen-bond donors (Lipinski definition) is 1. The van der Waals surface area contributed by atoms with Gasteiger partial charge in [0.15, 0.2) is 0 Å². The van der Waals surface area contributed by atoms with Gasteiger partial charge >= 0.3 is 47.9 Å². The van der Waals surface area contributed by atoms with Crippen molar-refractivity contribution in [1.82, 2.24) is 0 Å². The summed E-state index contributed by atoms with van der Waals surface area (Å²) >= 11 is 7.15. The van der Waals surface area contributed by atoms with Gasteiger partial charge in [-0.05, 0) is 37.9 Å². The maximum Gasteiger partial charge on any atom is 2.00 e. The van der Waals surface area contributed by atoms with Gasteiger partial charge in [0.05, 0.1) is 3.79 Å². The topological polar surface area (TPSA) is 54.4 Å². The minimum Gasteiger partial charge on any atom is -1.00 e. The molecule has 0 bridgehead atoms. The molecule has 0 atom stereocenters. The predicted molar refractivity (Wildman–Crippen MR) is 57.5 cm³/mol. The largest absolute Gasteiger partial charge is 2.00 e. The average Bonchev–Trinajstić information content (AvgIpc) is 2.11. The minimum atomic E-state index is -4.05. The molecule has 1 N–H and O–H groups in total. The van der Waals surface area contributed by atoms with Gasteiger partial charge in [0, 0.05) is 4.47 Å². The second kappa shape index (κ2) is 5.06. The maximum atomic E-state index is 10.5. The minimum absolute atomic E-state index is 0. The van der Waals surface area contributed by atoms with E-state index < -0.39 is 10.1 Å². The molecule has 0 radical (unpaired) electrons. The molecule has 12 heavy (non-hydrogen) atoms. The van der Waals surface area contributed by atoms with Gasteiger partial charge in [-0.2, -0.15) is 8.42 Å². The van der Waals surface area contributed by atoms with Crippen molar-refractivity contribution in [2.75, 3.05) is 0 Å². The number of halogens is 2. The molecular formula is C4H4Br2CaO3S2.